The van der Waals surface area contributed by atoms with E-state index in [1.807, 2.05) is 6.92 Å². The zero-order valence-corrected chi connectivity index (χ0v) is 13.4. The number of benzene rings is 1. The smallest absolute Gasteiger partial charge is 0.306 e. The molecule has 2 rings (SSSR count). The van der Waals surface area contributed by atoms with Crippen LogP contribution in [0.2, 0.25) is 0 Å². The van der Waals surface area contributed by atoms with Gasteiger partial charge in [0.15, 0.2) is 4.21 Å². The van der Waals surface area contributed by atoms with Gasteiger partial charge in [-0.1, -0.05) is 27.3 Å². The number of anilines is 1. The van der Waals surface area contributed by atoms with Crippen LogP contribution in [-0.4, -0.2) is 13.4 Å². The van der Waals surface area contributed by atoms with Gasteiger partial charge in [-0.15, -0.1) is 0 Å². The molecule has 0 saturated heterocycles. The molecule has 102 valence electrons. The molecule has 0 saturated carbocycles. The van der Waals surface area contributed by atoms with Crippen molar-refractivity contribution < 1.29 is 8.42 Å². The zero-order chi connectivity index (χ0) is 14.2. The van der Waals surface area contributed by atoms with E-state index in [9.17, 15) is 13.2 Å². The lowest BCUT2D eigenvalue weighted by molar-refractivity contribution is 0.602. The van der Waals surface area contributed by atoms with Gasteiger partial charge in [-0.2, -0.15) is 0 Å². The van der Waals surface area contributed by atoms with E-state index in [0.29, 0.717) is 22.7 Å². The lowest BCUT2D eigenvalue weighted by Gasteiger charge is -2.08. The van der Waals surface area contributed by atoms with Crippen LogP contribution in [0, 0.1) is 13.8 Å². The fraction of sp³-hybridized carbons (Fsp3) is 0.182. The van der Waals surface area contributed by atoms with Gasteiger partial charge in [0, 0.05) is 15.9 Å². The molecule has 0 amide bonds. The summed E-state index contributed by atoms with van der Waals surface area (Å²) in [6.45, 7) is 3.42. The minimum Gasteiger partial charge on any atom is -0.315 e. The van der Waals surface area contributed by atoms with Crippen molar-refractivity contribution in [2.45, 2.75) is 18.1 Å². The molecule has 2 aromatic rings. The summed E-state index contributed by atoms with van der Waals surface area (Å²) < 4.78 is 27.7. The number of sulfonamides is 1. The molecule has 1 heterocycles. The summed E-state index contributed by atoms with van der Waals surface area (Å²) in [5, 5.41) is 0. The first-order chi connectivity index (χ1) is 8.79. The lowest BCUT2D eigenvalue weighted by Crippen LogP contribution is -2.12. The minimum atomic E-state index is -3.73. The lowest BCUT2D eigenvalue weighted by atomic mass is 10.2. The second kappa shape index (κ2) is 5.10. The number of hydrogen-bond acceptors (Lipinski definition) is 4. The number of H-pyrrole nitrogens is 1. The molecule has 1 aromatic carbocycles. The average molecular weight is 363 g/mol. The van der Waals surface area contributed by atoms with Gasteiger partial charge >= 0.3 is 4.87 Å². The number of aryl methyl sites for hydroxylation is 2. The zero-order valence-electron chi connectivity index (χ0n) is 10.2. The number of nitrogens with one attached hydrogen (secondary N) is 2. The van der Waals surface area contributed by atoms with Gasteiger partial charge in [-0.3, -0.25) is 9.52 Å². The molecule has 0 atom stereocenters. The summed E-state index contributed by atoms with van der Waals surface area (Å²) in [6.07, 6.45) is 0. The van der Waals surface area contributed by atoms with E-state index < -0.39 is 10.0 Å². The summed E-state index contributed by atoms with van der Waals surface area (Å²) in [5.41, 5.74) is 1.72. The highest BCUT2D eigenvalue weighted by Crippen LogP contribution is 2.24. The topological polar surface area (TPSA) is 79.0 Å². The molecule has 1 aromatic heterocycles. The molecule has 5 nitrogen and oxygen atoms in total. The highest BCUT2D eigenvalue weighted by Gasteiger charge is 2.20. The second-order valence-electron chi connectivity index (χ2n) is 4.00. The van der Waals surface area contributed by atoms with Crippen LogP contribution in [0.5, 0.6) is 0 Å². The van der Waals surface area contributed by atoms with Crippen molar-refractivity contribution >= 4 is 43.0 Å². The van der Waals surface area contributed by atoms with E-state index in [-0.39, 0.29) is 9.08 Å². The number of aromatic amines is 1. The maximum absolute atomic E-state index is 12.2. The Bertz CT molecular complexity index is 777. The van der Waals surface area contributed by atoms with Crippen LogP contribution in [-0.2, 0) is 10.0 Å². The van der Waals surface area contributed by atoms with Gasteiger partial charge in [0.05, 0.1) is 0 Å². The number of thiazole rings is 1. The molecule has 8 heteroatoms. The molecular weight excluding hydrogens is 352 g/mol. The molecule has 0 aliphatic carbocycles. The summed E-state index contributed by atoms with van der Waals surface area (Å²) in [5.74, 6) is 0. The quantitative estimate of drug-likeness (QED) is 0.880. The summed E-state index contributed by atoms with van der Waals surface area (Å²) in [6, 6.07) is 5.13. The highest BCUT2D eigenvalue weighted by atomic mass is 79.9. The van der Waals surface area contributed by atoms with E-state index in [1.54, 1.807) is 25.1 Å². The molecule has 19 heavy (non-hydrogen) atoms. The molecule has 0 fully saturated rings. The summed E-state index contributed by atoms with van der Waals surface area (Å²) >= 11 is 4.02. The molecule has 0 aliphatic rings. The van der Waals surface area contributed by atoms with Gasteiger partial charge in [0.1, 0.15) is 0 Å². The van der Waals surface area contributed by atoms with Crippen LogP contribution < -0.4 is 9.60 Å². The van der Waals surface area contributed by atoms with Crippen LogP contribution in [0.15, 0.2) is 31.7 Å². The van der Waals surface area contributed by atoms with Crippen molar-refractivity contribution in [1.82, 2.24) is 4.98 Å². The molecule has 0 unspecified atom stereocenters. The van der Waals surface area contributed by atoms with E-state index in [1.165, 1.54) is 0 Å². The third kappa shape index (κ3) is 3.07. The Morgan fingerprint density at radius 2 is 2.00 bits per heavy atom. The van der Waals surface area contributed by atoms with Crippen LogP contribution in [0.25, 0.3) is 0 Å². The maximum atomic E-state index is 12.2. The van der Waals surface area contributed by atoms with Gasteiger partial charge in [-0.25, -0.2) is 8.42 Å². The van der Waals surface area contributed by atoms with Crippen molar-refractivity contribution in [2.75, 3.05) is 4.72 Å². The Kier molecular flexibility index (Phi) is 3.84. The molecule has 2 N–H and O–H groups in total. The number of rotatable bonds is 3. The van der Waals surface area contributed by atoms with Crippen LogP contribution in [0.1, 0.15) is 11.3 Å². The van der Waals surface area contributed by atoms with Crippen LogP contribution in [0.4, 0.5) is 5.69 Å². The fourth-order valence-electron chi connectivity index (χ4n) is 1.56. The minimum absolute atomic E-state index is 0.0121. The van der Waals surface area contributed by atoms with E-state index in [4.69, 9.17) is 0 Å². The highest BCUT2D eigenvalue weighted by molar-refractivity contribution is 9.10. The van der Waals surface area contributed by atoms with Gasteiger partial charge < -0.3 is 4.98 Å². The standard InChI is InChI=1S/C11H11BrN2O3S2/c1-6-5-8(3-4-9(6)12)14-19(16,17)10-7(2)13-11(15)18-10/h3-5,14H,1-2H3,(H,13,15). The van der Waals surface area contributed by atoms with Crippen LogP contribution >= 0.6 is 27.3 Å². The largest absolute Gasteiger partial charge is 0.315 e. The van der Waals surface area contributed by atoms with Crippen molar-refractivity contribution in [3.8, 4) is 0 Å². The summed E-state index contributed by atoms with van der Waals surface area (Å²) in [7, 11) is -3.73. The van der Waals surface area contributed by atoms with E-state index >= 15 is 0 Å². The SMILES string of the molecule is Cc1cc(NS(=O)(=O)c2sc(=O)[nH]c2C)ccc1Br. The summed E-state index contributed by atoms with van der Waals surface area (Å²) in [4.78, 5) is 13.2. The predicted octanol–water partition coefficient (Wildman–Crippen LogP) is 2.62. The Balaban J connectivity index is 2.39. The van der Waals surface area contributed by atoms with Gasteiger partial charge in [-0.05, 0) is 37.6 Å². The Morgan fingerprint density at radius 1 is 1.32 bits per heavy atom. The van der Waals surface area contributed by atoms with Crippen molar-refractivity contribution in [3.63, 3.8) is 0 Å². The first kappa shape index (κ1) is 14.3. The van der Waals surface area contributed by atoms with Crippen molar-refractivity contribution in [1.29, 1.82) is 0 Å². The monoisotopic (exact) mass is 362 g/mol. The fourth-order valence-corrected chi connectivity index (χ4v) is 4.15. The van der Waals surface area contributed by atoms with Crippen LogP contribution in [0.3, 0.4) is 0 Å². The van der Waals surface area contributed by atoms with E-state index in [2.05, 4.69) is 25.6 Å². The molecule has 0 radical (unpaired) electrons. The first-order valence-corrected chi connectivity index (χ1v) is 8.37. The first-order valence-electron chi connectivity index (χ1n) is 5.28. The third-order valence-corrected chi connectivity index (χ3v) is 6.31. The normalized spacial score (nSPS) is 11.5. The Labute approximate surface area is 122 Å². The Hall–Kier alpha value is -1.12. The van der Waals surface area contributed by atoms with E-state index in [0.717, 1.165) is 10.0 Å². The van der Waals surface area contributed by atoms with Crippen molar-refractivity contribution in [3.05, 3.63) is 43.6 Å². The molecule has 0 spiro atoms. The predicted molar refractivity (Wildman–Crippen MR) is 79.4 cm³/mol. The average Bonchev–Trinajstić information content (AvgIpc) is 2.63. The second-order valence-corrected chi connectivity index (χ2v) is 7.71. The molecular formula is C11H11BrN2O3S2. The third-order valence-electron chi connectivity index (χ3n) is 2.44. The molecule has 0 aliphatic heterocycles. The number of halogens is 1. The maximum Gasteiger partial charge on any atom is 0.306 e. The number of hydrogen-bond donors (Lipinski definition) is 2. The van der Waals surface area contributed by atoms with Gasteiger partial charge in [0.25, 0.3) is 10.0 Å². The Morgan fingerprint density at radius 3 is 2.53 bits per heavy atom. The van der Waals surface area contributed by atoms with Crippen molar-refractivity contribution in [2.24, 2.45) is 0 Å². The number of aromatic nitrogens is 1. The molecule has 0 bridgehead atoms. The van der Waals surface area contributed by atoms with Gasteiger partial charge in [0.2, 0.25) is 0 Å².